The Kier molecular flexibility index (Phi) is 7.89. The molecule has 0 heterocycles. The average molecular weight is 485 g/mol. The van der Waals surface area contributed by atoms with Crippen LogP contribution in [0.15, 0.2) is 77.3 Å². The summed E-state index contributed by atoms with van der Waals surface area (Å²) in [7, 11) is 1.54. The number of carbonyl (C=O) groups is 2. The van der Waals surface area contributed by atoms with Crippen LogP contribution in [0.5, 0.6) is 17.2 Å². The van der Waals surface area contributed by atoms with Gasteiger partial charge in [-0.2, -0.15) is 0 Å². The molecular formula is C23H21BrN2O5. The van der Waals surface area contributed by atoms with Crippen molar-refractivity contribution < 1.29 is 23.8 Å². The molecule has 0 unspecified atom stereocenters. The number of amides is 2. The van der Waals surface area contributed by atoms with E-state index < -0.39 is 11.8 Å². The van der Waals surface area contributed by atoms with Crippen LogP contribution in [0.2, 0.25) is 0 Å². The molecule has 0 saturated carbocycles. The first kappa shape index (κ1) is 22.2. The Labute approximate surface area is 188 Å². The van der Waals surface area contributed by atoms with Gasteiger partial charge in [0.1, 0.15) is 30.5 Å². The summed E-state index contributed by atoms with van der Waals surface area (Å²) < 4.78 is 17.0. The van der Waals surface area contributed by atoms with Crippen LogP contribution in [0.3, 0.4) is 0 Å². The van der Waals surface area contributed by atoms with Gasteiger partial charge < -0.3 is 14.2 Å². The van der Waals surface area contributed by atoms with E-state index in [-0.39, 0.29) is 0 Å². The number of benzene rings is 3. The number of carbonyl (C=O) groups excluding carboxylic acids is 2. The predicted octanol–water partition coefficient (Wildman–Crippen LogP) is 3.99. The molecular weight excluding hydrogens is 464 g/mol. The fourth-order valence-corrected chi connectivity index (χ4v) is 3.17. The first-order chi connectivity index (χ1) is 15.1. The van der Waals surface area contributed by atoms with Crippen LogP contribution in [0.25, 0.3) is 0 Å². The van der Waals surface area contributed by atoms with Gasteiger partial charge in [0.15, 0.2) is 0 Å². The SMILES string of the molecule is COc1ccc(C(=O)NNC(=O)c2cccc(OCCOc3ccccc3)c2)cc1Br. The van der Waals surface area contributed by atoms with Gasteiger partial charge in [0, 0.05) is 11.1 Å². The number of hydrazine groups is 1. The van der Waals surface area contributed by atoms with Gasteiger partial charge in [0.05, 0.1) is 11.6 Å². The number of hydrogen-bond donors (Lipinski definition) is 2. The van der Waals surface area contributed by atoms with E-state index in [0.717, 1.165) is 5.75 Å². The van der Waals surface area contributed by atoms with Gasteiger partial charge in [-0.25, -0.2) is 0 Å². The molecule has 0 bridgehead atoms. The highest BCUT2D eigenvalue weighted by Crippen LogP contribution is 2.25. The summed E-state index contributed by atoms with van der Waals surface area (Å²) in [5, 5.41) is 0. The van der Waals surface area contributed by atoms with Gasteiger partial charge in [-0.05, 0) is 64.5 Å². The van der Waals surface area contributed by atoms with Crippen LogP contribution in [0.4, 0.5) is 0 Å². The fraction of sp³-hybridized carbons (Fsp3) is 0.130. The highest BCUT2D eigenvalue weighted by Gasteiger charge is 2.12. The molecule has 0 atom stereocenters. The van der Waals surface area contributed by atoms with E-state index in [1.54, 1.807) is 42.5 Å². The molecule has 0 aromatic heterocycles. The molecule has 0 saturated heterocycles. The maximum absolute atomic E-state index is 12.4. The van der Waals surface area contributed by atoms with E-state index in [1.165, 1.54) is 7.11 Å². The van der Waals surface area contributed by atoms with Crippen molar-refractivity contribution in [2.45, 2.75) is 0 Å². The topological polar surface area (TPSA) is 85.9 Å². The molecule has 0 radical (unpaired) electrons. The van der Waals surface area contributed by atoms with Crippen molar-refractivity contribution in [1.29, 1.82) is 0 Å². The van der Waals surface area contributed by atoms with Crippen LogP contribution in [0.1, 0.15) is 20.7 Å². The summed E-state index contributed by atoms with van der Waals surface area (Å²) in [6.07, 6.45) is 0. The second-order valence-corrected chi connectivity index (χ2v) is 7.15. The van der Waals surface area contributed by atoms with Crippen molar-refractivity contribution in [2.24, 2.45) is 0 Å². The lowest BCUT2D eigenvalue weighted by Gasteiger charge is -2.11. The smallest absolute Gasteiger partial charge is 0.269 e. The minimum atomic E-state index is -0.466. The van der Waals surface area contributed by atoms with Crippen LogP contribution < -0.4 is 25.1 Å². The van der Waals surface area contributed by atoms with Crippen molar-refractivity contribution in [3.8, 4) is 17.2 Å². The monoisotopic (exact) mass is 484 g/mol. The first-order valence-electron chi connectivity index (χ1n) is 9.42. The number of nitrogens with one attached hydrogen (secondary N) is 2. The van der Waals surface area contributed by atoms with Crippen LogP contribution >= 0.6 is 15.9 Å². The van der Waals surface area contributed by atoms with Gasteiger partial charge in [-0.3, -0.25) is 20.4 Å². The zero-order valence-electron chi connectivity index (χ0n) is 16.8. The average Bonchev–Trinajstić information content (AvgIpc) is 2.81. The third-order valence-corrected chi connectivity index (χ3v) is 4.78. The fourth-order valence-electron chi connectivity index (χ4n) is 2.63. The lowest BCUT2D eigenvalue weighted by Crippen LogP contribution is -2.41. The summed E-state index contributed by atoms with van der Waals surface area (Å²) in [5.74, 6) is 0.967. The van der Waals surface area contributed by atoms with Crippen molar-refractivity contribution in [3.05, 3.63) is 88.4 Å². The molecule has 0 spiro atoms. The Bertz CT molecular complexity index is 1040. The van der Waals surface area contributed by atoms with Crippen LogP contribution in [-0.4, -0.2) is 32.1 Å². The molecule has 2 amide bonds. The van der Waals surface area contributed by atoms with Gasteiger partial charge in [-0.15, -0.1) is 0 Å². The Balaban J connectivity index is 1.49. The molecule has 160 valence electrons. The maximum atomic E-state index is 12.4. The highest BCUT2D eigenvalue weighted by molar-refractivity contribution is 9.10. The van der Waals surface area contributed by atoms with E-state index in [4.69, 9.17) is 14.2 Å². The normalized spacial score (nSPS) is 10.1. The largest absolute Gasteiger partial charge is 0.496 e. The van der Waals surface area contributed by atoms with E-state index in [9.17, 15) is 9.59 Å². The molecule has 3 rings (SSSR count). The van der Waals surface area contributed by atoms with Gasteiger partial charge in [-0.1, -0.05) is 24.3 Å². The Morgan fingerprint density at radius 3 is 2.03 bits per heavy atom. The van der Waals surface area contributed by atoms with Gasteiger partial charge in [0.25, 0.3) is 11.8 Å². The number of hydrogen-bond acceptors (Lipinski definition) is 5. The van der Waals surface area contributed by atoms with Gasteiger partial charge >= 0.3 is 0 Å². The molecule has 0 aliphatic heterocycles. The highest BCUT2D eigenvalue weighted by atomic mass is 79.9. The molecule has 3 aromatic rings. The van der Waals surface area contributed by atoms with Crippen molar-refractivity contribution in [2.75, 3.05) is 20.3 Å². The summed E-state index contributed by atoms with van der Waals surface area (Å²) in [5.41, 5.74) is 5.50. The van der Waals surface area contributed by atoms with E-state index in [1.807, 2.05) is 30.3 Å². The van der Waals surface area contributed by atoms with Crippen LogP contribution in [-0.2, 0) is 0 Å². The standard InChI is InChI=1S/C23H21BrN2O5/c1-29-21-11-10-17(15-20(21)24)23(28)26-25-22(27)16-6-5-9-19(14-16)31-13-12-30-18-7-3-2-4-8-18/h2-11,14-15H,12-13H2,1H3,(H,25,27)(H,26,28). The molecule has 0 aliphatic rings. The third-order valence-electron chi connectivity index (χ3n) is 4.16. The molecule has 31 heavy (non-hydrogen) atoms. The quantitative estimate of drug-likeness (QED) is 0.372. The lowest BCUT2D eigenvalue weighted by molar-refractivity contribution is 0.0846. The Morgan fingerprint density at radius 2 is 1.39 bits per heavy atom. The first-order valence-corrected chi connectivity index (χ1v) is 10.2. The van der Waals surface area contributed by atoms with E-state index in [0.29, 0.717) is 40.3 Å². The second-order valence-electron chi connectivity index (χ2n) is 6.30. The summed E-state index contributed by atoms with van der Waals surface area (Å²) >= 11 is 3.32. The number of methoxy groups -OCH3 is 1. The predicted molar refractivity (Wildman–Crippen MR) is 120 cm³/mol. The number of para-hydroxylation sites is 1. The number of ether oxygens (including phenoxy) is 3. The minimum absolute atomic E-state index is 0.322. The van der Waals surface area contributed by atoms with Crippen molar-refractivity contribution in [3.63, 3.8) is 0 Å². The summed E-state index contributed by atoms with van der Waals surface area (Å²) in [6.45, 7) is 0.691. The summed E-state index contributed by atoms with van der Waals surface area (Å²) in [4.78, 5) is 24.6. The molecule has 0 aliphatic carbocycles. The number of halogens is 1. The summed E-state index contributed by atoms with van der Waals surface area (Å²) in [6, 6.07) is 20.9. The second kappa shape index (κ2) is 11.0. The van der Waals surface area contributed by atoms with Crippen molar-refractivity contribution >= 4 is 27.7 Å². The van der Waals surface area contributed by atoms with Crippen molar-refractivity contribution in [1.82, 2.24) is 10.9 Å². The third kappa shape index (κ3) is 6.48. The van der Waals surface area contributed by atoms with E-state index in [2.05, 4.69) is 26.8 Å². The maximum Gasteiger partial charge on any atom is 0.269 e. The molecule has 7 nitrogen and oxygen atoms in total. The molecule has 0 fully saturated rings. The minimum Gasteiger partial charge on any atom is -0.496 e. The van der Waals surface area contributed by atoms with E-state index >= 15 is 0 Å². The van der Waals surface area contributed by atoms with Crippen LogP contribution in [0, 0.1) is 0 Å². The lowest BCUT2D eigenvalue weighted by atomic mass is 10.2. The number of rotatable bonds is 8. The zero-order chi connectivity index (χ0) is 22.1. The molecule has 8 heteroatoms. The van der Waals surface area contributed by atoms with Gasteiger partial charge in [0.2, 0.25) is 0 Å². The Morgan fingerprint density at radius 1 is 0.774 bits per heavy atom. The Hall–Kier alpha value is -3.52. The molecule has 3 aromatic carbocycles. The molecule has 2 N–H and O–H groups in total. The zero-order valence-corrected chi connectivity index (χ0v) is 18.3.